The molecule has 0 N–H and O–H groups in total. The summed E-state index contributed by atoms with van der Waals surface area (Å²) >= 11 is 0. The molecule has 0 fully saturated rings. The number of imidazole rings is 1. The van der Waals surface area contributed by atoms with Gasteiger partial charge < -0.3 is 14.0 Å². The first-order valence-electron chi connectivity index (χ1n) is 7.54. The summed E-state index contributed by atoms with van der Waals surface area (Å²) in [6, 6.07) is 16.6. The number of aromatic nitrogens is 2. The lowest BCUT2D eigenvalue weighted by molar-refractivity contribution is 0.414. The van der Waals surface area contributed by atoms with Crippen LogP contribution >= 0.6 is 0 Å². The molecule has 0 spiro atoms. The van der Waals surface area contributed by atoms with Crippen LogP contribution in [0.5, 0.6) is 11.5 Å². The summed E-state index contributed by atoms with van der Waals surface area (Å²) in [5.74, 6) is 1.74. The Morgan fingerprint density at radius 3 is 2.04 bits per heavy atom. The third-order valence-corrected chi connectivity index (χ3v) is 3.97. The Morgan fingerprint density at radius 2 is 1.52 bits per heavy atom. The van der Waals surface area contributed by atoms with Gasteiger partial charge in [-0.2, -0.15) is 0 Å². The molecule has 0 radical (unpaired) electrons. The quantitative estimate of drug-likeness (QED) is 0.696. The fourth-order valence-corrected chi connectivity index (χ4v) is 2.66. The number of methoxy groups -OCH3 is 2. The lowest BCUT2D eigenvalue weighted by atomic mass is 9.98. The van der Waals surface area contributed by atoms with Crippen LogP contribution in [0.4, 0.5) is 0 Å². The van der Waals surface area contributed by atoms with Gasteiger partial charge in [-0.1, -0.05) is 24.3 Å². The van der Waals surface area contributed by atoms with E-state index in [1.807, 2.05) is 43.0 Å². The van der Waals surface area contributed by atoms with Gasteiger partial charge in [0.25, 0.3) is 0 Å². The van der Waals surface area contributed by atoms with Gasteiger partial charge in [0.15, 0.2) is 0 Å². The molecule has 0 aliphatic rings. The highest BCUT2D eigenvalue weighted by molar-refractivity contribution is 5.32. The molecule has 1 atom stereocenters. The molecule has 1 aromatic heterocycles. The number of nitrogens with zero attached hydrogens (tertiary/aromatic N) is 2. The van der Waals surface area contributed by atoms with Crippen LogP contribution in [0.15, 0.2) is 67.3 Å². The third-order valence-electron chi connectivity index (χ3n) is 3.97. The monoisotopic (exact) mass is 308 g/mol. The van der Waals surface area contributed by atoms with E-state index in [0.717, 1.165) is 17.9 Å². The molecule has 118 valence electrons. The van der Waals surface area contributed by atoms with Crippen molar-refractivity contribution in [3.05, 3.63) is 78.4 Å². The summed E-state index contributed by atoms with van der Waals surface area (Å²) in [4.78, 5) is 4.19. The summed E-state index contributed by atoms with van der Waals surface area (Å²) in [6.07, 6.45) is 6.55. The van der Waals surface area contributed by atoms with Gasteiger partial charge in [0.2, 0.25) is 0 Å². The van der Waals surface area contributed by atoms with Crippen LogP contribution in [0.3, 0.4) is 0 Å². The second kappa shape index (κ2) is 7.01. The van der Waals surface area contributed by atoms with Crippen molar-refractivity contribution in [2.75, 3.05) is 14.2 Å². The topological polar surface area (TPSA) is 36.3 Å². The van der Waals surface area contributed by atoms with Crippen molar-refractivity contribution in [2.45, 2.75) is 12.5 Å². The second-order valence-corrected chi connectivity index (χ2v) is 5.35. The number of benzene rings is 2. The maximum Gasteiger partial charge on any atom is 0.118 e. The summed E-state index contributed by atoms with van der Waals surface area (Å²) in [5.41, 5.74) is 2.47. The van der Waals surface area contributed by atoms with Gasteiger partial charge in [-0.25, -0.2) is 4.98 Å². The molecule has 0 amide bonds. The van der Waals surface area contributed by atoms with Gasteiger partial charge in [0, 0.05) is 12.4 Å². The van der Waals surface area contributed by atoms with Crippen molar-refractivity contribution in [1.29, 1.82) is 0 Å². The molecule has 0 unspecified atom stereocenters. The summed E-state index contributed by atoms with van der Waals surface area (Å²) < 4.78 is 12.6. The first-order chi connectivity index (χ1) is 11.3. The predicted molar refractivity (Wildman–Crippen MR) is 90.1 cm³/mol. The molecule has 3 rings (SSSR count). The molecule has 0 aliphatic heterocycles. The molecule has 1 heterocycles. The Kier molecular flexibility index (Phi) is 4.62. The number of rotatable bonds is 6. The van der Waals surface area contributed by atoms with Crippen molar-refractivity contribution in [1.82, 2.24) is 9.55 Å². The van der Waals surface area contributed by atoms with Crippen molar-refractivity contribution in [3.8, 4) is 11.5 Å². The van der Waals surface area contributed by atoms with Gasteiger partial charge in [0.1, 0.15) is 11.5 Å². The molecular formula is C19H20N2O2. The van der Waals surface area contributed by atoms with Crippen LogP contribution < -0.4 is 9.47 Å². The molecule has 3 aromatic rings. The Labute approximate surface area is 136 Å². The zero-order valence-corrected chi connectivity index (χ0v) is 13.3. The average molecular weight is 308 g/mol. The van der Waals surface area contributed by atoms with Crippen LogP contribution in [0.25, 0.3) is 0 Å². The molecular weight excluding hydrogens is 288 g/mol. The van der Waals surface area contributed by atoms with Crippen LogP contribution in [0.1, 0.15) is 17.2 Å². The Bertz CT molecular complexity index is 719. The van der Waals surface area contributed by atoms with Gasteiger partial charge in [0.05, 0.1) is 26.6 Å². The first-order valence-corrected chi connectivity index (χ1v) is 7.54. The molecule has 0 saturated heterocycles. The lowest BCUT2D eigenvalue weighted by Gasteiger charge is -2.19. The van der Waals surface area contributed by atoms with E-state index in [-0.39, 0.29) is 6.04 Å². The molecule has 2 aromatic carbocycles. The van der Waals surface area contributed by atoms with Gasteiger partial charge in [-0.3, -0.25) is 0 Å². The van der Waals surface area contributed by atoms with E-state index in [0.29, 0.717) is 0 Å². The van der Waals surface area contributed by atoms with Crippen molar-refractivity contribution >= 4 is 0 Å². The molecule has 4 nitrogen and oxygen atoms in total. The number of ether oxygens (including phenoxy) is 2. The molecule has 23 heavy (non-hydrogen) atoms. The fraction of sp³-hybridized carbons (Fsp3) is 0.211. The maximum atomic E-state index is 5.25. The van der Waals surface area contributed by atoms with Crippen LogP contribution in [-0.4, -0.2) is 23.8 Å². The van der Waals surface area contributed by atoms with Gasteiger partial charge >= 0.3 is 0 Å². The summed E-state index contributed by atoms with van der Waals surface area (Å²) in [6.45, 7) is 0. The van der Waals surface area contributed by atoms with Crippen molar-refractivity contribution in [2.24, 2.45) is 0 Å². The standard InChI is InChI=1S/C19H20N2O2/c1-22-17-7-3-15(4-8-17)13-19(21-12-11-20-14-21)16-5-9-18(23-2)10-6-16/h3-12,14,19H,13H2,1-2H3/t19-/m0/s1. The minimum absolute atomic E-state index is 0.191. The fourth-order valence-electron chi connectivity index (χ4n) is 2.66. The molecule has 0 bridgehead atoms. The van der Waals surface area contributed by atoms with E-state index in [2.05, 4.69) is 33.8 Å². The number of hydrogen-bond acceptors (Lipinski definition) is 3. The first kappa shape index (κ1) is 15.2. The maximum absolute atomic E-state index is 5.25. The van der Waals surface area contributed by atoms with Crippen LogP contribution in [-0.2, 0) is 6.42 Å². The highest BCUT2D eigenvalue weighted by Crippen LogP contribution is 2.25. The summed E-state index contributed by atoms with van der Waals surface area (Å²) in [7, 11) is 3.36. The van der Waals surface area contributed by atoms with Crippen LogP contribution in [0, 0.1) is 0 Å². The minimum Gasteiger partial charge on any atom is -0.497 e. The van der Waals surface area contributed by atoms with Crippen molar-refractivity contribution in [3.63, 3.8) is 0 Å². The highest BCUT2D eigenvalue weighted by Gasteiger charge is 2.14. The highest BCUT2D eigenvalue weighted by atomic mass is 16.5. The molecule has 0 saturated carbocycles. The largest absolute Gasteiger partial charge is 0.497 e. The third kappa shape index (κ3) is 3.54. The number of hydrogen-bond donors (Lipinski definition) is 0. The van der Waals surface area contributed by atoms with E-state index in [4.69, 9.17) is 9.47 Å². The van der Waals surface area contributed by atoms with Gasteiger partial charge in [-0.05, 0) is 41.8 Å². The molecule has 0 aliphatic carbocycles. The van der Waals surface area contributed by atoms with E-state index >= 15 is 0 Å². The smallest absolute Gasteiger partial charge is 0.118 e. The molecule has 4 heteroatoms. The Hall–Kier alpha value is -2.75. The van der Waals surface area contributed by atoms with E-state index in [1.54, 1.807) is 14.2 Å². The van der Waals surface area contributed by atoms with Crippen molar-refractivity contribution < 1.29 is 9.47 Å². The zero-order chi connectivity index (χ0) is 16.1. The minimum atomic E-state index is 0.191. The average Bonchev–Trinajstić information content (AvgIpc) is 3.15. The van der Waals surface area contributed by atoms with Gasteiger partial charge in [-0.15, -0.1) is 0 Å². The SMILES string of the molecule is COc1ccc(C[C@@H](c2ccc(OC)cc2)n2ccnc2)cc1. The normalized spacial score (nSPS) is 11.9. The zero-order valence-electron chi connectivity index (χ0n) is 13.3. The van der Waals surface area contributed by atoms with E-state index < -0.39 is 0 Å². The van der Waals surface area contributed by atoms with E-state index in [9.17, 15) is 0 Å². The van der Waals surface area contributed by atoms with E-state index in [1.165, 1.54) is 11.1 Å². The summed E-state index contributed by atoms with van der Waals surface area (Å²) in [5, 5.41) is 0. The lowest BCUT2D eigenvalue weighted by Crippen LogP contribution is -2.12. The second-order valence-electron chi connectivity index (χ2n) is 5.35. The Balaban J connectivity index is 1.88. The van der Waals surface area contributed by atoms with Crippen LogP contribution in [0.2, 0.25) is 0 Å². The Morgan fingerprint density at radius 1 is 0.913 bits per heavy atom. The predicted octanol–water partition coefficient (Wildman–Crippen LogP) is 3.73.